The van der Waals surface area contributed by atoms with Gasteiger partial charge in [0.15, 0.2) is 5.13 Å². The van der Waals surface area contributed by atoms with E-state index >= 15 is 0 Å². The van der Waals surface area contributed by atoms with Gasteiger partial charge in [0.2, 0.25) is 10.0 Å². The topological polar surface area (TPSA) is 65.5 Å². The van der Waals surface area contributed by atoms with Crippen molar-refractivity contribution in [1.82, 2.24) is 14.6 Å². The second kappa shape index (κ2) is 7.23. The molecule has 1 N–H and O–H groups in total. The number of sulfonamides is 1. The molecule has 0 spiro atoms. The number of rotatable bonds is 6. The lowest BCUT2D eigenvalue weighted by molar-refractivity contribution is 0.298. The Kier molecular flexibility index (Phi) is 5.94. The molecule has 0 amide bonds. The van der Waals surface area contributed by atoms with Gasteiger partial charge in [0.25, 0.3) is 0 Å². The zero-order chi connectivity index (χ0) is 17.4. The Hall–Kier alpha value is -0.410. The number of nitrogens with one attached hydrogen (secondary N) is 1. The minimum atomic E-state index is -3.20. The van der Waals surface area contributed by atoms with Gasteiger partial charge in [0.05, 0.1) is 11.1 Å². The first-order valence-corrected chi connectivity index (χ1v) is 10.7. The van der Waals surface area contributed by atoms with Crippen molar-refractivity contribution in [2.75, 3.05) is 38.3 Å². The van der Waals surface area contributed by atoms with Crippen molar-refractivity contribution in [2.45, 2.75) is 26.4 Å². The van der Waals surface area contributed by atoms with Gasteiger partial charge >= 0.3 is 0 Å². The molecule has 1 aromatic rings. The van der Waals surface area contributed by atoms with Gasteiger partial charge in [-0.25, -0.2) is 18.1 Å². The van der Waals surface area contributed by atoms with Crippen molar-refractivity contribution >= 4 is 38.1 Å². The molecule has 132 valence electrons. The zero-order valence-corrected chi connectivity index (χ0v) is 16.6. The van der Waals surface area contributed by atoms with E-state index in [-0.39, 0.29) is 6.04 Å². The molecule has 0 aliphatic carbocycles. The molecule has 2 rings (SSSR count). The maximum Gasteiger partial charge on any atom is 0.209 e. The average Bonchev–Trinajstić information content (AvgIpc) is 2.93. The fraction of sp³-hybridized carbons (Fsp3) is 0.786. The predicted molar refractivity (Wildman–Crippen MR) is 96.8 cm³/mol. The summed E-state index contributed by atoms with van der Waals surface area (Å²) < 4.78 is 26.0. The number of thiazole rings is 1. The van der Waals surface area contributed by atoms with Crippen LogP contribution in [0.15, 0.2) is 0 Å². The van der Waals surface area contributed by atoms with Crippen LogP contribution in [0.25, 0.3) is 0 Å². The number of nitrogens with zero attached hydrogens (tertiary/aromatic N) is 3. The SMILES string of the molecule is CC(C)[C@@H]1CN(Cc2sc(N(C)C)nc2Cl)C[C@H]1NS(C)(=O)=O. The molecule has 1 aromatic heterocycles. The molecule has 2 atom stereocenters. The molecule has 1 aliphatic heterocycles. The summed E-state index contributed by atoms with van der Waals surface area (Å²) in [7, 11) is 0.676. The van der Waals surface area contributed by atoms with Crippen LogP contribution in [0.4, 0.5) is 5.13 Å². The van der Waals surface area contributed by atoms with Gasteiger partial charge in [-0.15, -0.1) is 0 Å². The molecule has 23 heavy (non-hydrogen) atoms. The van der Waals surface area contributed by atoms with Crippen molar-refractivity contribution < 1.29 is 8.42 Å². The summed E-state index contributed by atoms with van der Waals surface area (Å²) in [5, 5.41) is 1.43. The van der Waals surface area contributed by atoms with Gasteiger partial charge in [0.1, 0.15) is 5.15 Å². The summed E-state index contributed by atoms with van der Waals surface area (Å²) >= 11 is 7.82. The van der Waals surface area contributed by atoms with Gasteiger partial charge in [-0.3, -0.25) is 4.90 Å². The van der Waals surface area contributed by atoms with E-state index in [0.29, 0.717) is 30.1 Å². The monoisotopic (exact) mass is 380 g/mol. The number of anilines is 1. The lowest BCUT2D eigenvalue weighted by atomic mass is 9.92. The molecule has 9 heteroatoms. The summed E-state index contributed by atoms with van der Waals surface area (Å²) in [6.45, 7) is 6.53. The summed E-state index contributed by atoms with van der Waals surface area (Å²) in [5.74, 6) is 0.707. The summed E-state index contributed by atoms with van der Waals surface area (Å²) in [5.41, 5.74) is 0. The van der Waals surface area contributed by atoms with Gasteiger partial charge < -0.3 is 4.90 Å². The van der Waals surface area contributed by atoms with Crippen LogP contribution in [0.3, 0.4) is 0 Å². The maximum atomic E-state index is 11.6. The molecular weight excluding hydrogens is 356 g/mol. The number of hydrogen-bond donors (Lipinski definition) is 1. The van der Waals surface area contributed by atoms with Gasteiger partial charge in [-0.1, -0.05) is 36.8 Å². The number of halogens is 1. The maximum absolute atomic E-state index is 11.6. The number of hydrogen-bond acceptors (Lipinski definition) is 6. The van der Waals surface area contributed by atoms with Crippen LogP contribution in [0.2, 0.25) is 5.15 Å². The van der Waals surface area contributed by atoms with Crippen molar-refractivity contribution in [2.24, 2.45) is 11.8 Å². The van der Waals surface area contributed by atoms with E-state index in [0.717, 1.165) is 16.6 Å². The second-order valence-corrected chi connectivity index (χ2v) is 9.90. The van der Waals surface area contributed by atoms with Crippen molar-refractivity contribution in [3.8, 4) is 0 Å². The van der Waals surface area contributed by atoms with E-state index in [1.165, 1.54) is 6.26 Å². The highest BCUT2D eigenvalue weighted by atomic mass is 35.5. The first-order valence-electron chi connectivity index (χ1n) is 7.59. The zero-order valence-electron chi connectivity index (χ0n) is 14.2. The van der Waals surface area contributed by atoms with Crippen molar-refractivity contribution in [3.05, 3.63) is 10.0 Å². The van der Waals surface area contributed by atoms with Crippen molar-refractivity contribution in [3.63, 3.8) is 0 Å². The Labute approximate surface area is 147 Å². The third-order valence-electron chi connectivity index (χ3n) is 4.05. The third-order valence-corrected chi connectivity index (χ3v) is 6.41. The molecule has 0 unspecified atom stereocenters. The van der Waals surface area contributed by atoms with Crippen LogP contribution in [-0.2, 0) is 16.6 Å². The van der Waals surface area contributed by atoms with Gasteiger partial charge in [0, 0.05) is 39.8 Å². The van der Waals surface area contributed by atoms with E-state index in [1.807, 2.05) is 19.0 Å². The van der Waals surface area contributed by atoms with E-state index < -0.39 is 10.0 Å². The molecule has 1 aliphatic rings. The second-order valence-electron chi connectivity index (χ2n) is 6.70. The molecule has 0 saturated carbocycles. The quantitative estimate of drug-likeness (QED) is 0.816. The summed E-state index contributed by atoms with van der Waals surface area (Å²) in [6, 6.07) is -0.0509. The highest BCUT2D eigenvalue weighted by molar-refractivity contribution is 7.88. The van der Waals surface area contributed by atoms with E-state index in [2.05, 4.69) is 28.5 Å². The van der Waals surface area contributed by atoms with Crippen LogP contribution in [0, 0.1) is 11.8 Å². The van der Waals surface area contributed by atoms with Crippen LogP contribution in [0.1, 0.15) is 18.7 Å². The number of likely N-dealkylation sites (tertiary alicyclic amines) is 1. The minimum absolute atomic E-state index is 0.0509. The van der Waals surface area contributed by atoms with Crippen molar-refractivity contribution in [1.29, 1.82) is 0 Å². The Balaban J connectivity index is 2.10. The lowest BCUT2D eigenvalue weighted by Crippen LogP contribution is -2.41. The predicted octanol–water partition coefficient (Wildman–Crippen LogP) is 1.87. The van der Waals surface area contributed by atoms with E-state index in [1.54, 1.807) is 11.3 Å². The molecule has 0 radical (unpaired) electrons. The highest BCUT2D eigenvalue weighted by Crippen LogP contribution is 2.32. The summed E-state index contributed by atoms with van der Waals surface area (Å²) in [6.07, 6.45) is 1.22. The highest BCUT2D eigenvalue weighted by Gasteiger charge is 2.36. The lowest BCUT2D eigenvalue weighted by Gasteiger charge is -2.21. The van der Waals surface area contributed by atoms with Crippen LogP contribution >= 0.6 is 22.9 Å². The normalized spacial score (nSPS) is 22.9. The molecule has 1 saturated heterocycles. The first-order chi connectivity index (χ1) is 10.6. The minimum Gasteiger partial charge on any atom is -0.354 e. The van der Waals surface area contributed by atoms with Gasteiger partial charge in [-0.2, -0.15) is 0 Å². The molecule has 6 nitrogen and oxygen atoms in total. The fourth-order valence-corrected chi connectivity index (χ4v) is 4.95. The molecule has 0 aromatic carbocycles. The Morgan fingerprint density at radius 1 is 1.43 bits per heavy atom. The van der Waals surface area contributed by atoms with Crippen LogP contribution in [-0.4, -0.2) is 57.8 Å². The van der Waals surface area contributed by atoms with Gasteiger partial charge in [-0.05, 0) is 11.8 Å². The van der Waals surface area contributed by atoms with E-state index in [4.69, 9.17) is 11.6 Å². The smallest absolute Gasteiger partial charge is 0.209 e. The average molecular weight is 381 g/mol. The standard InChI is InChI=1S/C14H25ClN4O2S2/c1-9(2)10-6-19(7-11(10)17-23(5,20)21)8-12-13(15)16-14(22-12)18(3)4/h9-11,17H,6-8H2,1-5H3/t10-,11+/m0/s1. The first kappa shape index (κ1) is 18.9. The Morgan fingerprint density at radius 2 is 2.09 bits per heavy atom. The third kappa shape index (κ3) is 5.03. The van der Waals surface area contributed by atoms with E-state index in [9.17, 15) is 8.42 Å². The molecule has 2 heterocycles. The number of aromatic nitrogens is 1. The Bertz CT molecular complexity index is 645. The molecule has 1 fully saturated rings. The van der Waals surface area contributed by atoms with Crippen LogP contribution in [0.5, 0.6) is 0 Å². The summed E-state index contributed by atoms with van der Waals surface area (Å²) in [4.78, 5) is 9.58. The molecule has 0 bridgehead atoms. The fourth-order valence-electron chi connectivity index (χ4n) is 2.93. The molecular formula is C14H25ClN4O2S2. The largest absolute Gasteiger partial charge is 0.354 e. The Morgan fingerprint density at radius 3 is 2.57 bits per heavy atom. The van der Waals surface area contributed by atoms with Crippen LogP contribution < -0.4 is 9.62 Å².